The molecule has 11 nitrogen and oxygen atoms in total. The summed E-state index contributed by atoms with van der Waals surface area (Å²) in [6.45, 7) is 3.38. The number of aromatic nitrogens is 4. The Morgan fingerprint density at radius 2 is 2.00 bits per heavy atom. The monoisotopic (exact) mass is 783 g/mol. The number of anilines is 2. The molecule has 0 radical (unpaired) electrons. The van der Waals surface area contributed by atoms with Gasteiger partial charge in [-0.1, -0.05) is 6.07 Å². The Morgan fingerprint density at radius 3 is 2.71 bits per heavy atom. The van der Waals surface area contributed by atoms with Crippen molar-refractivity contribution in [3.8, 4) is 23.2 Å². The molecule has 2 aromatic carbocycles. The SMILES string of the molecule is CCN(c1nc(OCC23CCCN2CC(F)C3)nc2c(F)c(-c3ccc(F)c4sc(N)c(C#N)c34)c(C(F)(F)F)cc12)C1CCN(C(=O)c2ccnn2C)C1. The molecule has 3 atom stereocenters. The zero-order valence-corrected chi connectivity index (χ0v) is 30.6. The van der Waals surface area contributed by atoms with Crippen LogP contribution in [0.25, 0.3) is 32.1 Å². The highest BCUT2D eigenvalue weighted by molar-refractivity contribution is 7.23. The lowest BCUT2D eigenvalue weighted by Gasteiger charge is -2.32. The van der Waals surface area contributed by atoms with E-state index >= 15 is 22.0 Å². The number of aryl methyl sites for hydroxylation is 1. The van der Waals surface area contributed by atoms with Crippen molar-refractivity contribution in [1.82, 2.24) is 29.5 Å². The molecular weight excluding hydrogens is 749 g/mol. The summed E-state index contributed by atoms with van der Waals surface area (Å²) in [5.74, 6) is -2.54. The number of benzene rings is 2. The number of ether oxygens (including phenoxy) is 1. The van der Waals surface area contributed by atoms with Crippen LogP contribution in [0.5, 0.6) is 6.01 Å². The van der Waals surface area contributed by atoms with Gasteiger partial charge >= 0.3 is 12.2 Å². The maximum atomic E-state index is 17.3. The normalized spacial score (nSPS) is 21.5. The third-order valence-corrected chi connectivity index (χ3v) is 12.2. The van der Waals surface area contributed by atoms with E-state index in [4.69, 9.17) is 10.5 Å². The molecule has 3 fully saturated rings. The summed E-state index contributed by atoms with van der Waals surface area (Å²) in [6, 6.07) is 5.32. The quantitative estimate of drug-likeness (QED) is 0.171. The second-order valence-electron chi connectivity index (χ2n) is 14.3. The fourth-order valence-corrected chi connectivity index (χ4v) is 9.57. The van der Waals surface area contributed by atoms with E-state index in [0.29, 0.717) is 43.0 Å². The average molecular weight is 784 g/mol. The van der Waals surface area contributed by atoms with Crippen LogP contribution in [-0.2, 0) is 13.2 Å². The molecule has 0 aliphatic carbocycles. The van der Waals surface area contributed by atoms with E-state index in [2.05, 4.69) is 15.1 Å². The molecule has 3 unspecified atom stereocenters. The van der Waals surface area contributed by atoms with Gasteiger partial charge in [-0.3, -0.25) is 14.4 Å². The number of alkyl halides is 4. The van der Waals surface area contributed by atoms with Gasteiger partial charge in [-0.25, -0.2) is 13.2 Å². The van der Waals surface area contributed by atoms with E-state index in [0.717, 1.165) is 24.6 Å². The third-order valence-electron chi connectivity index (χ3n) is 11.2. The van der Waals surface area contributed by atoms with Crippen molar-refractivity contribution in [2.45, 2.75) is 56.5 Å². The molecule has 3 aliphatic heterocycles. The molecule has 0 saturated carbocycles. The van der Waals surface area contributed by atoms with E-state index in [1.807, 2.05) is 11.0 Å². The van der Waals surface area contributed by atoms with Gasteiger partial charge in [-0.05, 0) is 56.5 Å². The van der Waals surface area contributed by atoms with Crippen molar-refractivity contribution in [3.63, 3.8) is 0 Å². The first kappa shape index (κ1) is 36.8. The number of rotatable bonds is 8. The zero-order chi connectivity index (χ0) is 39.0. The maximum Gasteiger partial charge on any atom is 0.417 e. The number of hydrogen-bond donors (Lipinski definition) is 1. The maximum absolute atomic E-state index is 17.3. The van der Waals surface area contributed by atoms with Crippen LogP contribution in [0.1, 0.15) is 54.2 Å². The Balaban J connectivity index is 1.30. The summed E-state index contributed by atoms with van der Waals surface area (Å²) < 4.78 is 99.9. The number of amides is 1. The Hall–Kier alpha value is -5.15. The van der Waals surface area contributed by atoms with Crippen LogP contribution in [0.3, 0.4) is 0 Å². The molecule has 3 aromatic heterocycles. The zero-order valence-electron chi connectivity index (χ0n) is 29.8. The largest absolute Gasteiger partial charge is 0.461 e. The average Bonchev–Trinajstić information content (AvgIpc) is 3.97. The Bertz CT molecular complexity index is 2390. The summed E-state index contributed by atoms with van der Waals surface area (Å²) in [5.41, 5.74) is 2.21. The first-order valence-corrected chi connectivity index (χ1v) is 18.6. The molecule has 5 aromatic rings. The molecule has 18 heteroatoms. The van der Waals surface area contributed by atoms with Gasteiger partial charge in [0.25, 0.3) is 5.91 Å². The summed E-state index contributed by atoms with van der Waals surface area (Å²) in [4.78, 5) is 27.7. The summed E-state index contributed by atoms with van der Waals surface area (Å²) in [6.07, 6.45) is -2.59. The number of nitrogens with zero attached hydrogens (tertiary/aromatic N) is 8. The van der Waals surface area contributed by atoms with Gasteiger partial charge in [0, 0.05) is 68.2 Å². The Labute approximate surface area is 314 Å². The van der Waals surface area contributed by atoms with Crippen LogP contribution in [0, 0.1) is 23.0 Å². The second kappa shape index (κ2) is 13.6. The molecule has 3 aliphatic rings. The van der Waals surface area contributed by atoms with Crippen LogP contribution in [0.4, 0.5) is 37.2 Å². The highest BCUT2D eigenvalue weighted by atomic mass is 32.1. The van der Waals surface area contributed by atoms with Gasteiger partial charge in [0.2, 0.25) is 0 Å². The molecule has 0 spiro atoms. The van der Waals surface area contributed by atoms with Gasteiger partial charge in [-0.2, -0.15) is 33.5 Å². The van der Waals surface area contributed by atoms with Crippen LogP contribution < -0.4 is 15.4 Å². The first-order valence-electron chi connectivity index (χ1n) is 17.8. The number of carbonyl (C=O) groups excluding carboxylic acids is 1. The molecular formula is C37H35F6N9O2S. The minimum atomic E-state index is -5.14. The lowest BCUT2D eigenvalue weighted by atomic mass is 9.92. The summed E-state index contributed by atoms with van der Waals surface area (Å²) >= 11 is 0.676. The molecule has 8 rings (SSSR count). The standard InChI is InChI=1S/C37H35F6N9O2S/c1-3-52(20-8-12-50(17-20)34(53)26-7-10-46-49(26)2)33-22-13-24(37(41,42)43)28(21-5-6-25(39)31-27(21)23(15-44)32(45)55-31)29(40)30(22)47-35(48-33)54-18-36-9-4-11-51(36)16-19(38)14-36/h5-7,10,13,19-20H,3-4,8-9,11-12,14,16-18,45H2,1-2H3. The number of hydrogen-bond acceptors (Lipinski definition) is 10. The van der Waals surface area contributed by atoms with Gasteiger partial charge in [0.05, 0.1) is 21.4 Å². The number of nitriles is 1. The van der Waals surface area contributed by atoms with Crippen molar-refractivity contribution >= 4 is 49.1 Å². The molecule has 1 amide bonds. The van der Waals surface area contributed by atoms with Crippen molar-refractivity contribution in [1.29, 1.82) is 5.26 Å². The first-order chi connectivity index (χ1) is 26.2. The predicted molar refractivity (Wildman–Crippen MR) is 193 cm³/mol. The predicted octanol–water partition coefficient (Wildman–Crippen LogP) is 6.69. The van der Waals surface area contributed by atoms with E-state index in [9.17, 15) is 14.4 Å². The lowest BCUT2D eigenvalue weighted by molar-refractivity contribution is -0.137. The third kappa shape index (κ3) is 6.08. The molecule has 3 saturated heterocycles. The fourth-order valence-electron chi connectivity index (χ4n) is 8.62. The van der Waals surface area contributed by atoms with Gasteiger partial charge < -0.3 is 20.3 Å². The molecule has 288 valence electrons. The topological polar surface area (TPSA) is 129 Å². The summed E-state index contributed by atoms with van der Waals surface area (Å²) in [7, 11) is 1.64. The number of fused-ring (bicyclic) bond motifs is 3. The summed E-state index contributed by atoms with van der Waals surface area (Å²) in [5, 5.41) is 13.3. The van der Waals surface area contributed by atoms with Crippen molar-refractivity contribution in [3.05, 3.63) is 58.9 Å². The van der Waals surface area contributed by atoms with Gasteiger partial charge in [0.15, 0.2) is 5.82 Å². The molecule has 0 bridgehead atoms. The minimum Gasteiger partial charge on any atom is -0.461 e. The number of nitrogen functional groups attached to an aromatic ring is 1. The van der Waals surface area contributed by atoms with E-state index in [1.54, 1.807) is 29.8 Å². The molecule has 2 N–H and O–H groups in total. The van der Waals surface area contributed by atoms with Gasteiger partial charge in [-0.15, -0.1) is 11.3 Å². The molecule has 55 heavy (non-hydrogen) atoms. The Kier molecular flexibility index (Phi) is 9.07. The van der Waals surface area contributed by atoms with E-state index < -0.39 is 52.2 Å². The minimum absolute atomic E-state index is 0.0334. The Morgan fingerprint density at radius 1 is 1.20 bits per heavy atom. The van der Waals surface area contributed by atoms with E-state index in [-0.39, 0.29) is 82.0 Å². The van der Waals surface area contributed by atoms with Crippen molar-refractivity contribution < 1.29 is 35.9 Å². The van der Waals surface area contributed by atoms with Crippen LogP contribution in [0.15, 0.2) is 30.5 Å². The van der Waals surface area contributed by atoms with Crippen LogP contribution in [-0.4, -0.2) is 92.5 Å². The number of halogens is 6. The number of carbonyl (C=O) groups is 1. The number of likely N-dealkylation sites (N-methyl/N-ethyl adjacent to an activating group) is 1. The number of thiophene rings is 1. The van der Waals surface area contributed by atoms with E-state index in [1.165, 1.54) is 10.9 Å². The van der Waals surface area contributed by atoms with Crippen molar-refractivity contribution in [2.75, 3.05) is 50.0 Å². The number of likely N-dealkylation sites (tertiary alicyclic amines) is 1. The highest BCUT2D eigenvalue weighted by Crippen LogP contribution is 2.48. The highest BCUT2D eigenvalue weighted by Gasteiger charge is 2.49. The number of nitrogens with two attached hydrogens (primary N) is 1. The van der Waals surface area contributed by atoms with Crippen molar-refractivity contribution in [2.24, 2.45) is 7.05 Å². The second-order valence-corrected chi connectivity index (χ2v) is 15.3. The molecule has 6 heterocycles. The van der Waals surface area contributed by atoms with Crippen LogP contribution in [0.2, 0.25) is 0 Å². The fraction of sp³-hybridized carbons (Fsp3) is 0.432. The smallest absolute Gasteiger partial charge is 0.417 e. The van der Waals surface area contributed by atoms with Gasteiger partial charge in [0.1, 0.15) is 46.7 Å². The van der Waals surface area contributed by atoms with Crippen LogP contribution >= 0.6 is 11.3 Å². The lowest BCUT2D eigenvalue weighted by Crippen LogP contribution is -2.43.